The average molecular weight is 281 g/mol. The van der Waals surface area contributed by atoms with E-state index in [2.05, 4.69) is 10.1 Å². The summed E-state index contributed by atoms with van der Waals surface area (Å²) in [6.45, 7) is 2.28. The van der Waals surface area contributed by atoms with Crippen molar-refractivity contribution in [2.24, 2.45) is 0 Å². The Morgan fingerprint density at radius 2 is 1.76 bits per heavy atom. The zero-order valence-electron chi connectivity index (χ0n) is 11.6. The van der Waals surface area contributed by atoms with Crippen molar-refractivity contribution in [2.45, 2.75) is 13.5 Å². The SMILES string of the molecule is Cc1ccc(-c2nc(COc3ccc(N)cc3)no2)cc1. The molecule has 0 aliphatic rings. The molecule has 0 aliphatic carbocycles. The van der Waals surface area contributed by atoms with Gasteiger partial charge in [-0.25, -0.2) is 0 Å². The number of ether oxygens (including phenoxy) is 1. The Morgan fingerprint density at radius 1 is 1.05 bits per heavy atom. The summed E-state index contributed by atoms with van der Waals surface area (Å²) < 4.78 is 10.8. The van der Waals surface area contributed by atoms with Crippen molar-refractivity contribution < 1.29 is 9.26 Å². The van der Waals surface area contributed by atoms with Crippen LogP contribution in [0.1, 0.15) is 11.4 Å². The van der Waals surface area contributed by atoms with Gasteiger partial charge in [-0.15, -0.1) is 0 Å². The number of nitrogens with two attached hydrogens (primary N) is 1. The minimum absolute atomic E-state index is 0.249. The van der Waals surface area contributed by atoms with Crippen LogP contribution in [-0.4, -0.2) is 10.1 Å². The number of benzene rings is 2. The molecule has 0 aliphatic heterocycles. The maximum Gasteiger partial charge on any atom is 0.258 e. The fourth-order valence-corrected chi connectivity index (χ4v) is 1.84. The van der Waals surface area contributed by atoms with Gasteiger partial charge in [0.15, 0.2) is 6.61 Å². The Kier molecular flexibility index (Phi) is 3.55. The third-order valence-electron chi connectivity index (χ3n) is 3.01. The molecular weight excluding hydrogens is 266 g/mol. The number of anilines is 1. The summed E-state index contributed by atoms with van der Waals surface area (Å²) in [4.78, 5) is 4.32. The van der Waals surface area contributed by atoms with Gasteiger partial charge in [0.05, 0.1) is 0 Å². The number of aryl methyl sites for hydroxylation is 1. The topological polar surface area (TPSA) is 74.2 Å². The molecule has 0 fully saturated rings. The molecule has 0 atom stereocenters. The summed E-state index contributed by atoms with van der Waals surface area (Å²) in [6, 6.07) is 15.1. The Morgan fingerprint density at radius 3 is 2.48 bits per heavy atom. The first-order valence-electron chi connectivity index (χ1n) is 6.59. The van der Waals surface area contributed by atoms with E-state index in [1.807, 2.05) is 31.2 Å². The fourth-order valence-electron chi connectivity index (χ4n) is 1.84. The van der Waals surface area contributed by atoms with E-state index in [1.165, 1.54) is 5.56 Å². The maximum absolute atomic E-state index is 5.62. The minimum atomic E-state index is 0.249. The summed E-state index contributed by atoms with van der Waals surface area (Å²) in [5, 5.41) is 3.91. The summed E-state index contributed by atoms with van der Waals surface area (Å²) >= 11 is 0. The molecule has 0 saturated carbocycles. The van der Waals surface area contributed by atoms with Crippen molar-refractivity contribution in [1.29, 1.82) is 0 Å². The third-order valence-corrected chi connectivity index (χ3v) is 3.01. The third kappa shape index (κ3) is 3.20. The number of hydrogen-bond donors (Lipinski definition) is 1. The fraction of sp³-hybridized carbons (Fsp3) is 0.125. The van der Waals surface area contributed by atoms with Gasteiger partial charge >= 0.3 is 0 Å². The number of rotatable bonds is 4. The first-order valence-corrected chi connectivity index (χ1v) is 6.59. The molecule has 1 aromatic heterocycles. The number of nitrogen functional groups attached to an aromatic ring is 1. The van der Waals surface area contributed by atoms with Gasteiger partial charge in [0.1, 0.15) is 5.75 Å². The van der Waals surface area contributed by atoms with E-state index in [1.54, 1.807) is 24.3 Å². The lowest BCUT2D eigenvalue weighted by atomic mass is 10.1. The molecule has 0 amide bonds. The summed E-state index contributed by atoms with van der Waals surface area (Å²) in [5.74, 6) is 1.71. The van der Waals surface area contributed by atoms with Crippen LogP contribution >= 0.6 is 0 Å². The van der Waals surface area contributed by atoms with Crippen LogP contribution in [0.4, 0.5) is 5.69 Å². The second-order valence-electron chi connectivity index (χ2n) is 4.74. The van der Waals surface area contributed by atoms with Crippen molar-refractivity contribution in [3.8, 4) is 17.2 Å². The monoisotopic (exact) mass is 281 g/mol. The van der Waals surface area contributed by atoms with E-state index in [4.69, 9.17) is 15.0 Å². The first kappa shape index (κ1) is 13.2. The van der Waals surface area contributed by atoms with E-state index in [0.717, 1.165) is 5.56 Å². The van der Waals surface area contributed by atoms with E-state index in [-0.39, 0.29) is 6.61 Å². The Bertz CT molecular complexity index is 718. The highest BCUT2D eigenvalue weighted by atomic mass is 16.5. The Balaban J connectivity index is 1.67. The van der Waals surface area contributed by atoms with Crippen LogP contribution in [0.2, 0.25) is 0 Å². The molecule has 0 unspecified atom stereocenters. The lowest BCUT2D eigenvalue weighted by molar-refractivity contribution is 0.287. The second kappa shape index (κ2) is 5.66. The molecule has 0 saturated heterocycles. The minimum Gasteiger partial charge on any atom is -0.485 e. The quantitative estimate of drug-likeness (QED) is 0.743. The lowest BCUT2D eigenvalue weighted by Crippen LogP contribution is -1.97. The van der Waals surface area contributed by atoms with Crippen molar-refractivity contribution in [1.82, 2.24) is 10.1 Å². The van der Waals surface area contributed by atoms with Crippen LogP contribution in [0.15, 0.2) is 53.1 Å². The number of nitrogens with zero attached hydrogens (tertiary/aromatic N) is 2. The van der Waals surface area contributed by atoms with Gasteiger partial charge in [-0.3, -0.25) is 0 Å². The molecule has 5 nitrogen and oxygen atoms in total. The number of hydrogen-bond acceptors (Lipinski definition) is 5. The van der Waals surface area contributed by atoms with Crippen molar-refractivity contribution in [2.75, 3.05) is 5.73 Å². The van der Waals surface area contributed by atoms with Crippen LogP contribution < -0.4 is 10.5 Å². The van der Waals surface area contributed by atoms with E-state index in [9.17, 15) is 0 Å². The molecule has 3 aromatic rings. The lowest BCUT2D eigenvalue weighted by Gasteiger charge is -2.02. The predicted molar refractivity (Wildman–Crippen MR) is 79.7 cm³/mol. The van der Waals surface area contributed by atoms with Gasteiger partial charge < -0.3 is 15.0 Å². The van der Waals surface area contributed by atoms with Gasteiger partial charge in [-0.05, 0) is 43.3 Å². The van der Waals surface area contributed by atoms with Crippen molar-refractivity contribution in [3.05, 3.63) is 59.9 Å². The summed E-state index contributed by atoms with van der Waals surface area (Å²) in [5.41, 5.74) is 8.40. The van der Waals surface area contributed by atoms with Crippen LogP contribution in [0, 0.1) is 6.92 Å². The molecule has 2 aromatic carbocycles. The first-order chi connectivity index (χ1) is 10.2. The standard InChI is InChI=1S/C16H15N3O2/c1-11-2-4-12(5-3-11)16-18-15(19-21-16)10-20-14-8-6-13(17)7-9-14/h2-9H,10,17H2,1H3. The molecule has 0 spiro atoms. The molecule has 2 N–H and O–H groups in total. The van der Waals surface area contributed by atoms with Gasteiger partial charge in [0, 0.05) is 11.3 Å². The predicted octanol–water partition coefficient (Wildman–Crippen LogP) is 3.21. The van der Waals surface area contributed by atoms with Gasteiger partial charge in [0.2, 0.25) is 5.82 Å². The normalized spacial score (nSPS) is 10.5. The largest absolute Gasteiger partial charge is 0.485 e. The van der Waals surface area contributed by atoms with E-state index >= 15 is 0 Å². The Labute approximate surface area is 122 Å². The van der Waals surface area contributed by atoms with Crippen molar-refractivity contribution in [3.63, 3.8) is 0 Å². The zero-order valence-corrected chi connectivity index (χ0v) is 11.6. The van der Waals surface area contributed by atoms with Crippen molar-refractivity contribution >= 4 is 5.69 Å². The highest BCUT2D eigenvalue weighted by Crippen LogP contribution is 2.19. The highest BCUT2D eigenvalue weighted by Gasteiger charge is 2.09. The Hall–Kier alpha value is -2.82. The van der Waals surface area contributed by atoms with Crippen LogP contribution in [0.25, 0.3) is 11.5 Å². The molecule has 3 rings (SSSR count). The zero-order chi connectivity index (χ0) is 14.7. The highest BCUT2D eigenvalue weighted by molar-refractivity contribution is 5.53. The number of aromatic nitrogens is 2. The van der Waals surface area contributed by atoms with Gasteiger partial charge in [0.25, 0.3) is 5.89 Å². The second-order valence-corrected chi connectivity index (χ2v) is 4.74. The molecule has 0 radical (unpaired) electrons. The van der Waals surface area contributed by atoms with Gasteiger partial charge in [-0.1, -0.05) is 22.9 Å². The molecule has 0 bridgehead atoms. The molecule has 1 heterocycles. The summed E-state index contributed by atoms with van der Waals surface area (Å²) in [6.07, 6.45) is 0. The average Bonchev–Trinajstić information content (AvgIpc) is 2.96. The maximum atomic E-state index is 5.62. The molecule has 106 valence electrons. The molecule has 21 heavy (non-hydrogen) atoms. The van der Waals surface area contributed by atoms with Gasteiger partial charge in [-0.2, -0.15) is 4.98 Å². The van der Waals surface area contributed by atoms with E-state index in [0.29, 0.717) is 23.2 Å². The van der Waals surface area contributed by atoms with Crippen LogP contribution in [0.5, 0.6) is 5.75 Å². The molecular formula is C16H15N3O2. The smallest absolute Gasteiger partial charge is 0.258 e. The van der Waals surface area contributed by atoms with Crippen LogP contribution in [0.3, 0.4) is 0 Å². The van der Waals surface area contributed by atoms with E-state index < -0.39 is 0 Å². The molecule has 5 heteroatoms. The summed E-state index contributed by atoms with van der Waals surface area (Å²) in [7, 11) is 0. The van der Waals surface area contributed by atoms with Crippen LogP contribution in [-0.2, 0) is 6.61 Å².